The van der Waals surface area contributed by atoms with E-state index in [1.165, 1.54) is 17.8 Å². The number of carbonyl (C=O) groups excluding carboxylic acids is 1. The highest BCUT2D eigenvalue weighted by Gasteiger charge is 2.10. The third-order valence-corrected chi connectivity index (χ3v) is 1.96. The predicted octanol–water partition coefficient (Wildman–Crippen LogP) is 0.227. The lowest BCUT2D eigenvalue weighted by Crippen LogP contribution is -2.31. The van der Waals surface area contributed by atoms with E-state index >= 15 is 0 Å². The zero-order chi connectivity index (χ0) is 10.8. The van der Waals surface area contributed by atoms with Gasteiger partial charge in [-0.25, -0.2) is 0 Å². The van der Waals surface area contributed by atoms with E-state index in [4.69, 9.17) is 0 Å². The fourth-order valence-electron chi connectivity index (χ4n) is 1.22. The highest BCUT2D eigenvalue weighted by atomic mass is 16.6. The average Bonchev–Trinajstić information content (AvgIpc) is 2.65. The summed E-state index contributed by atoms with van der Waals surface area (Å²) in [5, 5.41) is 14.3. The van der Waals surface area contributed by atoms with Gasteiger partial charge in [-0.05, 0) is 11.6 Å². The Labute approximate surface area is 85.5 Å². The summed E-state index contributed by atoms with van der Waals surface area (Å²) in [4.78, 5) is 11.1. The minimum absolute atomic E-state index is 0.0386. The zero-order valence-corrected chi connectivity index (χ0v) is 8.01. The molecule has 0 fully saturated rings. The molecular formula is C10H8N2O3. The maximum absolute atomic E-state index is 11.1. The summed E-state index contributed by atoms with van der Waals surface area (Å²) < 4.78 is 5.68. The topological polar surface area (TPSA) is 70.0 Å². The van der Waals surface area contributed by atoms with Crippen LogP contribution in [0.1, 0.15) is 17.3 Å². The first-order chi connectivity index (χ1) is 7.16. The van der Waals surface area contributed by atoms with E-state index in [9.17, 15) is 9.90 Å². The number of hydrogen-bond acceptors (Lipinski definition) is 4. The van der Waals surface area contributed by atoms with Crippen molar-refractivity contribution in [2.24, 2.45) is 0 Å². The molecule has 1 aromatic heterocycles. The van der Waals surface area contributed by atoms with Crippen LogP contribution in [0.5, 0.6) is 5.95 Å². The van der Waals surface area contributed by atoms with Crippen LogP contribution in [0.25, 0.3) is 5.69 Å². The quantitative estimate of drug-likeness (QED) is 0.518. The normalized spacial score (nSPS) is 10.2. The van der Waals surface area contributed by atoms with Gasteiger partial charge in [0.15, 0.2) is 5.78 Å². The number of benzene rings is 1. The van der Waals surface area contributed by atoms with Crippen LogP contribution in [0.3, 0.4) is 0 Å². The van der Waals surface area contributed by atoms with Crippen molar-refractivity contribution in [2.75, 3.05) is 0 Å². The lowest BCUT2D eigenvalue weighted by atomic mass is 10.1. The minimum Gasteiger partial charge on any atom is -0.539 e. The maximum atomic E-state index is 11.1. The van der Waals surface area contributed by atoms with Crippen LogP contribution in [0.2, 0.25) is 0 Å². The SMILES string of the molecule is CC(=O)c1cccc(-[n+]2cc([O-])on2)c1. The number of rotatable bonds is 2. The van der Waals surface area contributed by atoms with Crippen molar-refractivity contribution in [1.82, 2.24) is 5.27 Å². The molecule has 0 radical (unpaired) electrons. The number of ketones is 1. The molecule has 0 unspecified atom stereocenters. The first kappa shape index (κ1) is 9.39. The molecule has 1 aromatic carbocycles. The minimum atomic E-state index is -0.525. The molecule has 0 saturated heterocycles. The van der Waals surface area contributed by atoms with E-state index in [2.05, 4.69) is 9.79 Å². The summed E-state index contributed by atoms with van der Waals surface area (Å²) in [6.45, 7) is 1.48. The van der Waals surface area contributed by atoms with Gasteiger partial charge in [0.25, 0.3) is 0 Å². The Kier molecular flexibility index (Phi) is 2.21. The highest BCUT2D eigenvalue weighted by Crippen LogP contribution is 2.06. The molecule has 0 amide bonds. The number of hydrogen-bond donors (Lipinski definition) is 0. The first-order valence-electron chi connectivity index (χ1n) is 4.34. The molecule has 15 heavy (non-hydrogen) atoms. The summed E-state index contributed by atoms with van der Waals surface area (Å²) >= 11 is 0. The third kappa shape index (κ3) is 1.85. The molecule has 0 bridgehead atoms. The Morgan fingerprint density at radius 3 is 2.93 bits per heavy atom. The fourth-order valence-corrected chi connectivity index (χ4v) is 1.22. The monoisotopic (exact) mass is 204 g/mol. The smallest absolute Gasteiger partial charge is 0.240 e. The highest BCUT2D eigenvalue weighted by molar-refractivity contribution is 5.94. The van der Waals surface area contributed by atoms with Crippen LogP contribution in [0.15, 0.2) is 35.0 Å². The summed E-state index contributed by atoms with van der Waals surface area (Å²) in [6.07, 6.45) is 1.21. The van der Waals surface area contributed by atoms with Crippen molar-refractivity contribution >= 4 is 5.78 Å². The Balaban J connectivity index is 2.45. The lowest BCUT2D eigenvalue weighted by Gasteiger charge is -1.93. The number of nitrogens with zero attached hydrogens (tertiary/aromatic N) is 2. The average molecular weight is 204 g/mol. The van der Waals surface area contributed by atoms with Crippen LogP contribution >= 0.6 is 0 Å². The van der Waals surface area contributed by atoms with Gasteiger partial charge in [0.2, 0.25) is 11.9 Å². The van der Waals surface area contributed by atoms with Crippen molar-refractivity contribution in [3.63, 3.8) is 0 Å². The van der Waals surface area contributed by atoms with Gasteiger partial charge in [-0.1, -0.05) is 12.1 Å². The molecule has 2 rings (SSSR count). The fraction of sp³-hybridized carbons (Fsp3) is 0.100. The maximum Gasteiger partial charge on any atom is 0.240 e. The number of Topliss-reactive ketones (excluding diaryl/α,β-unsaturated/α-hetero) is 1. The lowest BCUT2D eigenvalue weighted by molar-refractivity contribution is -0.670. The summed E-state index contributed by atoms with van der Waals surface area (Å²) in [6, 6.07) is 6.79. The van der Waals surface area contributed by atoms with Crippen LogP contribution in [-0.4, -0.2) is 11.1 Å². The molecule has 0 saturated carbocycles. The van der Waals surface area contributed by atoms with Crippen LogP contribution in [0.4, 0.5) is 0 Å². The van der Waals surface area contributed by atoms with Gasteiger partial charge in [0.05, 0.1) is 5.27 Å². The second kappa shape index (κ2) is 3.53. The Morgan fingerprint density at radius 1 is 1.53 bits per heavy atom. The van der Waals surface area contributed by atoms with E-state index in [0.29, 0.717) is 11.3 Å². The molecule has 0 aliphatic heterocycles. The third-order valence-electron chi connectivity index (χ3n) is 1.96. The molecule has 2 aromatic rings. The number of aromatic nitrogens is 2. The summed E-state index contributed by atoms with van der Waals surface area (Å²) in [5.41, 5.74) is 1.18. The van der Waals surface area contributed by atoms with Gasteiger partial charge in [-0.2, -0.15) is 0 Å². The second-order valence-electron chi connectivity index (χ2n) is 3.07. The predicted molar refractivity (Wildman–Crippen MR) is 47.5 cm³/mol. The zero-order valence-electron chi connectivity index (χ0n) is 8.01. The van der Waals surface area contributed by atoms with Crippen molar-refractivity contribution in [3.8, 4) is 11.6 Å². The first-order valence-corrected chi connectivity index (χ1v) is 4.34. The van der Waals surface area contributed by atoms with Crippen LogP contribution in [-0.2, 0) is 0 Å². The van der Waals surface area contributed by atoms with Gasteiger partial charge in [0, 0.05) is 17.7 Å². The molecule has 5 heteroatoms. The van der Waals surface area contributed by atoms with Crippen molar-refractivity contribution in [1.29, 1.82) is 0 Å². The van der Waals surface area contributed by atoms with Gasteiger partial charge >= 0.3 is 0 Å². The van der Waals surface area contributed by atoms with E-state index in [1.807, 2.05) is 0 Å². The Morgan fingerprint density at radius 2 is 2.33 bits per heavy atom. The molecule has 1 heterocycles. The molecule has 0 aliphatic rings. The molecule has 5 nitrogen and oxygen atoms in total. The van der Waals surface area contributed by atoms with Gasteiger partial charge in [0.1, 0.15) is 5.95 Å². The van der Waals surface area contributed by atoms with E-state index in [-0.39, 0.29) is 5.78 Å². The van der Waals surface area contributed by atoms with Gasteiger partial charge in [-0.15, -0.1) is 0 Å². The number of carbonyl (C=O) groups is 1. The molecule has 0 aliphatic carbocycles. The Hall–Kier alpha value is -2.17. The second-order valence-corrected chi connectivity index (χ2v) is 3.07. The van der Waals surface area contributed by atoms with Crippen molar-refractivity contribution < 1.29 is 19.1 Å². The molecule has 76 valence electrons. The van der Waals surface area contributed by atoms with E-state index in [0.717, 1.165) is 0 Å². The standard InChI is InChI=1S/C10H8N2O3/c1-7(13)8-3-2-4-9(5-8)12-6-10(14)15-11-12/h2-6H,1H3. The van der Waals surface area contributed by atoms with Crippen molar-refractivity contribution in [3.05, 3.63) is 36.0 Å². The summed E-state index contributed by atoms with van der Waals surface area (Å²) in [5.74, 6) is -0.563. The van der Waals surface area contributed by atoms with E-state index in [1.54, 1.807) is 24.3 Å². The van der Waals surface area contributed by atoms with Crippen LogP contribution < -0.4 is 9.79 Å². The summed E-state index contributed by atoms with van der Waals surface area (Å²) in [7, 11) is 0. The van der Waals surface area contributed by atoms with Crippen LogP contribution in [0, 0.1) is 0 Å². The van der Waals surface area contributed by atoms with Crippen molar-refractivity contribution in [2.45, 2.75) is 6.92 Å². The molecule has 0 N–H and O–H groups in total. The largest absolute Gasteiger partial charge is 0.539 e. The Bertz CT molecular complexity index is 505. The molecular weight excluding hydrogens is 196 g/mol. The van der Waals surface area contributed by atoms with E-state index < -0.39 is 5.95 Å². The molecule has 0 spiro atoms. The van der Waals surface area contributed by atoms with Gasteiger partial charge < -0.3 is 9.63 Å². The molecule has 0 atom stereocenters. The van der Waals surface area contributed by atoms with Gasteiger partial charge in [-0.3, -0.25) is 4.79 Å².